The van der Waals surface area contributed by atoms with E-state index in [1.54, 1.807) is 12.1 Å². The number of carbonyl (C=O) groups is 1. The molecule has 5 heteroatoms. The molecule has 0 aromatic heterocycles. The average Bonchev–Trinajstić information content (AvgIpc) is 2.44. The van der Waals surface area contributed by atoms with Gasteiger partial charge in [0.1, 0.15) is 5.75 Å². The second kappa shape index (κ2) is 6.63. The van der Waals surface area contributed by atoms with Crippen LogP contribution >= 0.6 is 15.9 Å². The minimum absolute atomic E-state index is 0.0501. The molecule has 2 aromatic carbocycles. The maximum atomic E-state index is 12.0. The van der Waals surface area contributed by atoms with Gasteiger partial charge in [-0.1, -0.05) is 28.1 Å². The highest BCUT2D eigenvalue weighted by Gasteiger charge is 2.08. The predicted molar refractivity (Wildman–Crippen MR) is 88.6 cm³/mol. The Balaban J connectivity index is 1.99. The molecule has 0 saturated carbocycles. The highest BCUT2D eigenvalue weighted by molar-refractivity contribution is 9.10. The lowest BCUT2D eigenvalue weighted by Gasteiger charge is -2.11. The number of hydrogen-bond donors (Lipinski definition) is 2. The van der Waals surface area contributed by atoms with Crippen molar-refractivity contribution in [3.05, 3.63) is 52.0 Å². The molecule has 0 saturated heterocycles. The molecular weight excluding hydrogens is 332 g/mol. The zero-order chi connectivity index (χ0) is 15.4. The molecule has 4 nitrogen and oxygen atoms in total. The number of halogens is 1. The van der Waals surface area contributed by atoms with E-state index in [0.29, 0.717) is 17.1 Å². The molecule has 110 valence electrons. The Labute approximate surface area is 132 Å². The molecule has 0 fully saturated rings. The number of carbonyl (C=O) groups excluding carboxylic acids is 1. The Bertz CT molecular complexity index is 671. The van der Waals surface area contributed by atoms with Crippen LogP contribution in [-0.2, 0) is 4.79 Å². The molecule has 0 radical (unpaired) electrons. The first-order valence-electron chi connectivity index (χ1n) is 6.50. The third-order valence-electron chi connectivity index (χ3n) is 3.04. The SMILES string of the molecule is Cc1ccc(N)cc1NC(=O)COc1cc(Br)ccc1C. The highest BCUT2D eigenvalue weighted by atomic mass is 79.9. The van der Waals surface area contributed by atoms with Crippen molar-refractivity contribution in [1.82, 2.24) is 0 Å². The van der Waals surface area contributed by atoms with Crippen molar-refractivity contribution in [2.24, 2.45) is 0 Å². The Morgan fingerprint density at radius 2 is 1.90 bits per heavy atom. The number of nitrogens with two attached hydrogens (primary N) is 1. The van der Waals surface area contributed by atoms with Gasteiger partial charge in [0.25, 0.3) is 5.91 Å². The van der Waals surface area contributed by atoms with Gasteiger partial charge in [0.2, 0.25) is 0 Å². The molecule has 0 bridgehead atoms. The molecular formula is C16H17BrN2O2. The number of anilines is 2. The fourth-order valence-corrected chi connectivity index (χ4v) is 2.17. The Kier molecular flexibility index (Phi) is 4.85. The summed E-state index contributed by atoms with van der Waals surface area (Å²) in [7, 11) is 0. The normalized spacial score (nSPS) is 10.2. The molecule has 0 aliphatic heterocycles. The summed E-state index contributed by atoms with van der Waals surface area (Å²) in [5, 5.41) is 2.80. The van der Waals surface area contributed by atoms with Crippen molar-refractivity contribution in [2.75, 3.05) is 17.7 Å². The van der Waals surface area contributed by atoms with Crippen molar-refractivity contribution in [3.8, 4) is 5.75 Å². The molecule has 0 spiro atoms. The number of rotatable bonds is 4. The second-order valence-electron chi connectivity index (χ2n) is 4.82. The van der Waals surface area contributed by atoms with E-state index in [0.717, 1.165) is 15.6 Å². The lowest BCUT2D eigenvalue weighted by atomic mass is 10.2. The summed E-state index contributed by atoms with van der Waals surface area (Å²) in [6, 6.07) is 11.1. The minimum Gasteiger partial charge on any atom is -0.483 e. The number of nitrogens with one attached hydrogen (secondary N) is 1. The van der Waals surface area contributed by atoms with Crippen LogP contribution in [0.4, 0.5) is 11.4 Å². The molecule has 2 aromatic rings. The third-order valence-corrected chi connectivity index (χ3v) is 3.54. The van der Waals surface area contributed by atoms with Crippen LogP contribution < -0.4 is 15.8 Å². The van der Waals surface area contributed by atoms with E-state index >= 15 is 0 Å². The standard InChI is InChI=1S/C16H17BrN2O2/c1-10-4-6-13(18)8-14(10)19-16(20)9-21-15-7-12(17)5-3-11(15)2/h3-8H,9,18H2,1-2H3,(H,19,20). The van der Waals surface area contributed by atoms with Crippen molar-refractivity contribution < 1.29 is 9.53 Å². The van der Waals surface area contributed by atoms with Crippen molar-refractivity contribution in [2.45, 2.75) is 13.8 Å². The minimum atomic E-state index is -0.219. The van der Waals surface area contributed by atoms with Crippen LogP contribution in [0.2, 0.25) is 0 Å². The number of amides is 1. The number of aryl methyl sites for hydroxylation is 2. The number of hydrogen-bond acceptors (Lipinski definition) is 3. The fourth-order valence-electron chi connectivity index (χ4n) is 1.83. The van der Waals surface area contributed by atoms with Gasteiger partial charge in [-0.05, 0) is 49.2 Å². The van der Waals surface area contributed by atoms with Crippen LogP contribution in [0.5, 0.6) is 5.75 Å². The lowest BCUT2D eigenvalue weighted by molar-refractivity contribution is -0.118. The third kappa shape index (κ3) is 4.23. The van der Waals surface area contributed by atoms with Crippen molar-refractivity contribution >= 4 is 33.2 Å². The molecule has 0 aliphatic rings. The van der Waals surface area contributed by atoms with Crippen LogP contribution in [0.15, 0.2) is 40.9 Å². The van der Waals surface area contributed by atoms with Gasteiger partial charge < -0.3 is 15.8 Å². The van der Waals surface area contributed by atoms with E-state index in [4.69, 9.17) is 10.5 Å². The monoisotopic (exact) mass is 348 g/mol. The van der Waals surface area contributed by atoms with E-state index in [1.165, 1.54) is 0 Å². The summed E-state index contributed by atoms with van der Waals surface area (Å²) in [6.07, 6.45) is 0. The number of benzene rings is 2. The van der Waals surface area contributed by atoms with Gasteiger partial charge >= 0.3 is 0 Å². The smallest absolute Gasteiger partial charge is 0.262 e. The summed E-state index contributed by atoms with van der Waals surface area (Å²) in [5.74, 6) is 0.465. The van der Waals surface area contributed by atoms with E-state index in [1.807, 2.05) is 38.1 Å². The molecule has 0 atom stereocenters. The molecule has 3 N–H and O–H groups in total. The predicted octanol–water partition coefficient (Wildman–Crippen LogP) is 3.67. The van der Waals surface area contributed by atoms with Gasteiger partial charge in [-0.25, -0.2) is 0 Å². The maximum absolute atomic E-state index is 12.0. The van der Waals surface area contributed by atoms with E-state index in [2.05, 4.69) is 21.2 Å². The Hall–Kier alpha value is -2.01. The molecule has 0 aliphatic carbocycles. The Morgan fingerprint density at radius 1 is 1.19 bits per heavy atom. The zero-order valence-electron chi connectivity index (χ0n) is 11.9. The first-order valence-corrected chi connectivity index (χ1v) is 7.30. The van der Waals surface area contributed by atoms with E-state index < -0.39 is 0 Å². The highest BCUT2D eigenvalue weighted by Crippen LogP contribution is 2.23. The summed E-state index contributed by atoms with van der Waals surface area (Å²) < 4.78 is 6.46. The lowest BCUT2D eigenvalue weighted by Crippen LogP contribution is -2.21. The van der Waals surface area contributed by atoms with Gasteiger partial charge in [-0.2, -0.15) is 0 Å². The molecule has 21 heavy (non-hydrogen) atoms. The van der Waals surface area contributed by atoms with E-state index in [-0.39, 0.29) is 12.5 Å². The van der Waals surface area contributed by atoms with Crippen molar-refractivity contribution in [3.63, 3.8) is 0 Å². The quantitative estimate of drug-likeness (QED) is 0.828. The van der Waals surface area contributed by atoms with Gasteiger partial charge in [-0.3, -0.25) is 4.79 Å². The van der Waals surface area contributed by atoms with Gasteiger partial charge in [0.05, 0.1) is 0 Å². The summed E-state index contributed by atoms with van der Waals surface area (Å²) in [6.45, 7) is 3.79. The summed E-state index contributed by atoms with van der Waals surface area (Å²) >= 11 is 3.38. The van der Waals surface area contributed by atoms with Crippen LogP contribution in [0.1, 0.15) is 11.1 Å². The molecule has 1 amide bonds. The second-order valence-corrected chi connectivity index (χ2v) is 5.74. The maximum Gasteiger partial charge on any atom is 0.262 e. The zero-order valence-corrected chi connectivity index (χ0v) is 13.5. The summed E-state index contributed by atoms with van der Waals surface area (Å²) in [4.78, 5) is 12.0. The molecule has 0 unspecified atom stereocenters. The molecule has 0 heterocycles. The van der Waals surface area contributed by atoms with Crippen LogP contribution in [-0.4, -0.2) is 12.5 Å². The average molecular weight is 349 g/mol. The van der Waals surface area contributed by atoms with Crippen molar-refractivity contribution in [1.29, 1.82) is 0 Å². The van der Waals surface area contributed by atoms with Crippen LogP contribution in [0, 0.1) is 13.8 Å². The first kappa shape index (κ1) is 15.4. The van der Waals surface area contributed by atoms with Gasteiger partial charge in [0.15, 0.2) is 6.61 Å². The number of nitrogen functional groups attached to an aromatic ring is 1. The number of ether oxygens (including phenoxy) is 1. The molecule has 2 rings (SSSR count). The summed E-state index contributed by atoms with van der Waals surface area (Å²) in [5.41, 5.74) is 8.96. The van der Waals surface area contributed by atoms with Gasteiger partial charge in [-0.15, -0.1) is 0 Å². The topological polar surface area (TPSA) is 64.3 Å². The first-order chi connectivity index (χ1) is 9.95. The van der Waals surface area contributed by atoms with Gasteiger partial charge in [0, 0.05) is 15.8 Å². The largest absolute Gasteiger partial charge is 0.483 e. The fraction of sp³-hybridized carbons (Fsp3) is 0.188. The van der Waals surface area contributed by atoms with Crippen LogP contribution in [0.25, 0.3) is 0 Å². The van der Waals surface area contributed by atoms with E-state index in [9.17, 15) is 4.79 Å². The Morgan fingerprint density at radius 3 is 2.67 bits per heavy atom. The van der Waals surface area contributed by atoms with Crippen LogP contribution in [0.3, 0.4) is 0 Å².